The van der Waals surface area contributed by atoms with E-state index in [1.54, 1.807) is 6.92 Å². The van der Waals surface area contributed by atoms with Crippen LogP contribution < -0.4 is 10.6 Å². The summed E-state index contributed by atoms with van der Waals surface area (Å²) in [6.07, 6.45) is 0. The summed E-state index contributed by atoms with van der Waals surface area (Å²) >= 11 is 0. The van der Waals surface area contributed by atoms with E-state index < -0.39 is 17.7 Å². The lowest BCUT2D eigenvalue weighted by Gasteiger charge is -2.20. The smallest absolute Gasteiger partial charge is 0.241 e. The number of amides is 1. The van der Waals surface area contributed by atoms with Crippen LogP contribution in [0.2, 0.25) is 0 Å². The molecule has 3 nitrogen and oxygen atoms in total. The Labute approximate surface area is 128 Å². The summed E-state index contributed by atoms with van der Waals surface area (Å²) in [6.45, 7) is 3.67. The maximum Gasteiger partial charge on any atom is 0.241 e. The van der Waals surface area contributed by atoms with Gasteiger partial charge in [-0.2, -0.15) is 0 Å². The zero-order chi connectivity index (χ0) is 16.1. The molecule has 22 heavy (non-hydrogen) atoms. The van der Waals surface area contributed by atoms with Crippen molar-refractivity contribution in [2.24, 2.45) is 0 Å². The van der Waals surface area contributed by atoms with Gasteiger partial charge in [0.2, 0.25) is 5.91 Å². The van der Waals surface area contributed by atoms with Crippen molar-refractivity contribution in [2.45, 2.75) is 25.9 Å². The molecule has 0 aliphatic heterocycles. The largest absolute Gasteiger partial charge is 0.325 e. The van der Waals surface area contributed by atoms with Crippen LogP contribution in [-0.2, 0) is 4.79 Å². The quantitative estimate of drug-likeness (QED) is 0.885. The van der Waals surface area contributed by atoms with Gasteiger partial charge in [-0.1, -0.05) is 30.3 Å². The van der Waals surface area contributed by atoms with Crippen molar-refractivity contribution in [3.63, 3.8) is 0 Å². The maximum atomic E-state index is 13.1. The van der Waals surface area contributed by atoms with Crippen LogP contribution in [0.25, 0.3) is 0 Å². The summed E-state index contributed by atoms with van der Waals surface area (Å²) in [6, 6.07) is 12.5. The van der Waals surface area contributed by atoms with E-state index in [-0.39, 0.29) is 17.6 Å². The maximum absolute atomic E-state index is 13.1. The predicted octanol–water partition coefficient (Wildman–Crippen LogP) is 3.64. The number of halogens is 2. The van der Waals surface area contributed by atoms with Crippen molar-refractivity contribution in [2.75, 3.05) is 5.32 Å². The molecule has 0 aliphatic carbocycles. The third-order valence-electron chi connectivity index (χ3n) is 3.38. The van der Waals surface area contributed by atoms with Gasteiger partial charge < -0.3 is 5.32 Å². The predicted molar refractivity (Wildman–Crippen MR) is 82.4 cm³/mol. The van der Waals surface area contributed by atoms with Gasteiger partial charge in [-0.3, -0.25) is 10.1 Å². The summed E-state index contributed by atoms with van der Waals surface area (Å²) in [5, 5.41) is 5.72. The molecular formula is C17H18F2N2O. The van der Waals surface area contributed by atoms with Gasteiger partial charge in [-0.15, -0.1) is 0 Å². The molecule has 2 N–H and O–H groups in total. The molecule has 0 unspecified atom stereocenters. The van der Waals surface area contributed by atoms with Gasteiger partial charge in [0.25, 0.3) is 0 Å². The fourth-order valence-electron chi connectivity index (χ4n) is 2.11. The van der Waals surface area contributed by atoms with Gasteiger partial charge in [0.05, 0.1) is 6.04 Å². The molecule has 0 bridgehead atoms. The first-order chi connectivity index (χ1) is 10.5. The second-order valence-corrected chi connectivity index (χ2v) is 5.14. The molecule has 0 aromatic heterocycles. The van der Waals surface area contributed by atoms with E-state index in [2.05, 4.69) is 10.6 Å². The molecule has 0 aliphatic rings. The topological polar surface area (TPSA) is 41.1 Å². The summed E-state index contributed by atoms with van der Waals surface area (Å²) < 4.78 is 26.0. The van der Waals surface area contributed by atoms with Crippen LogP contribution >= 0.6 is 0 Å². The first kappa shape index (κ1) is 16.1. The van der Waals surface area contributed by atoms with Gasteiger partial charge in [-0.25, -0.2) is 8.78 Å². The summed E-state index contributed by atoms with van der Waals surface area (Å²) in [5.41, 5.74) is 1.29. The number of rotatable bonds is 5. The van der Waals surface area contributed by atoms with Crippen LogP contribution in [-0.4, -0.2) is 11.9 Å². The Morgan fingerprint density at radius 3 is 2.32 bits per heavy atom. The lowest BCUT2D eigenvalue weighted by atomic mass is 10.1. The molecule has 0 saturated carbocycles. The van der Waals surface area contributed by atoms with Crippen LogP contribution in [0.5, 0.6) is 0 Å². The van der Waals surface area contributed by atoms with E-state index >= 15 is 0 Å². The lowest BCUT2D eigenvalue weighted by molar-refractivity contribution is -0.117. The zero-order valence-electron chi connectivity index (χ0n) is 12.4. The second kappa shape index (κ2) is 7.13. The van der Waals surface area contributed by atoms with E-state index in [0.717, 1.165) is 17.7 Å². The molecule has 2 rings (SSSR count). The van der Waals surface area contributed by atoms with E-state index in [4.69, 9.17) is 0 Å². The number of anilines is 1. The molecule has 0 radical (unpaired) electrons. The average molecular weight is 304 g/mol. The molecule has 1 amide bonds. The first-order valence-corrected chi connectivity index (χ1v) is 7.04. The molecule has 0 fully saturated rings. The Balaban J connectivity index is 1.95. The van der Waals surface area contributed by atoms with Crippen LogP contribution in [0.15, 0.2) is 48.5 Å². The van der Waals surface area contributed by atoms with Crippen molar-refractivity contribution in [3.05, 3.63) is 65.7 Å². The third-order valence-corrected chi connectivity index (χ3v) is 3.38. The number of carbonyl (C=O) groups excluding carboxylic acids is 1. The monoisotopic (exact) mass is 304 g/mol. The molecule has 2 aromatic carbocycles. The van der Waals surface area contributed by atoms with Crippen molar-refractivity contribution in [1.82, 2.24) is 5.32 Å². The Kier molecular flexibility index (Phi) is 5.22. The Bertz CT molecular complexity index is 646. The summed E-state index contributed by atoms with van der Waals surface area (Å²) in [7, 11) is 0. The molecular weight excluding hydrogens is 286 g/mol. The normalized spacial score (nSPS) is 13.5. The molecule has 5 heteroatoms. The highest BCUT2D eigenvalue weighted by atomic mass is 19.2. The fraction of sp³-hybridized carbons (Fsp3) is 0.235. The molecule has 2 aromatic rings. The standard InChI is InChI=1S/C17H18F2N2O/c1-11(13-6-4-3-5-7-13)20-12(2)17(22)21-14-8-9-15(18)16(19)10-14/h3-12,20H,1-2H3,(H,21,22)/t11-,12-/m1/s1. The van der Waals surface area contributed by atoms with Gasteiger partial charge in [0, 0.05) is 17.8 Å². The number of benzene rings is 2. The molecule has 2 atom stereocenters. The van der Waals surface area contributed by atoms with Gasteiger partial charge in [0.1, 0.15) is 0 Å². The third kappa shape index (κ3) is 4.11. The molecule has 0 spiro atoms. The minimum absolute atomic E-state index is 0.00750. The van der Waals surface area contributed by atoms with Gasteiger partial charge >= 0.3 is 0 Å². The second-order valence-electron chi connectivity index (χ2n) is 5.14. The number of carbonyl (C=O) groups is 1. The van der Waals surface area contributed by atoms with Crippen molar-refractivity contribution in [3.8, 4) is 0 Å². The Hall–Kier alpha value is -2.27. The highest BCUT2D eigenvalue weighted by Crippen LogP contribution is 2.15. The van der Waals surface area contributed by atoms with Crippen molar-refractivity contribution in [1.29, 1.82) is 0 Å². The number of hydrogen-bond donors (Lipinski definition) is 2. The van der Waals surface area contributed by atoms with Crippen molar-refractivity contribution < 1.29 is 13.6 Å². The van der Waals surface area contributed by atoms with Gasteiger partial charge in [-0.05, 0) is 31.5 Å². The zero-order valence-corrected chi connectivity index (χ0v) is 12.4. The molecule has 116 valence electrons. The van der Waals surface area contributed by atoms with E-state index in [1.807, 2.05) is 37.3 Å². The first-order valence-electron chi connectivity index (χ1n) is 7.04. The molecule has 0 heterocycles. The Morgan fingerprint density at radius 2 is 1.68 bits per heavy atom. The Morgan fingerprint density at radius 1 is 1.00 bits per heavy atom. The van der Waals surface area contributed by atoms with Crippen LogP contribution in [0.4, 0.5) is 14.5 Å². The number of nitrogens with one attached hydrogen (secondary N) is 2. The highest BCUT2D eigenvalue weighted by molar-refractivity contribution is 5.94. The lowest BCUT2D eigenvalue weighted by Crippen LogP contribution is -2.39. The minimum Gasteiger partial charge on any atom is -0.325 e. The van der Waals surface area contributed by atoms with Gasteiger partial charge in [0.15, 0.2) is 11.6 Å². The van der Waals surface area contributed by atoms with Crippen LogP contribution in [0, 0.1) is 11.6 Å². The molecule has 0 saturated heterocycles. The van der Waals surface area contributed by atoms with E-state index in [0.29, 0.717) is 0 Å². The van der Waals surface area contributed by atoms with Crippen LogP contribution in [0.3, 0.4) is 0 Å². The van der Waals surface area contributed by atoms with Crippen LogP contribution in [0.1, 0.15) is 25.5 Å². The van der Waals surface area contributed by atoms with E-state index in [1.165, 1.54) is 6.07 Å². The van der Waals surface area contributed by atoms with Crippen molar-refractivity contribution >= 4 is 11.6 Å². The summed E-state index contributed by atoms with van der Waals surface area (Å²) in [5.74, 6) is -2.24. The fourth-order valence-corrected chi connectivity index (χ4v) is 2.11. The minimum atomic E-state index is -0.990. The average Bonchev–Trinajstić information content (AvgIpc) is 2.51. The highest BCUT2D eigenvalue weighted by Gasteiger charge is 2.16. The summed E-state index contributed by atoms with van der Waals surface area (Å²) in [4.78, 5) is 12.1. The van der Waals surface area contributed by atoms with E-state index in [9.17, 15) is 13.6 Å². The SMILES string of the molecule is C[C@@H](N[C@H](C)c1ccccc1)C(=O)Nc1ccc(F)c(F)c1. The number of hydrogen-bond acceptors (Lipinski definition) is 2.